The summed E-state index contributed by atoms with van der Waals surface area (Å²) >= 11 is 0. The van der Waals surface area contributed by atoms with Crippen LogP contribution < -0.4 is 0 Å². The highest BCUT2D eigenvalue weighted by Crippen LogP contribution is 2.11. The molecule has 0 fully saturated rings. The van der Waals surface area contributed by atoms with Gasteiger partial charge in [0.05, 0.1) is 26.0 Å². The molecular formula is C15H21FN6O4. The first kappa shape index (κ1) is 19.5. The first-order chi connectivity index (χ1) is 12.2. The van der Waals surface area contributed by atoms with Gasteiger partial charge >= 0.3 is 11.9 Å². The van der Waals surface area contributed by atoms with Crippen LogP contribution >= 0.6 is 0 Å². The maximum absolute atomic E-state index is 14.1. The molecule has 0 spiro atoms. The molecule has 0 N–H and O–H groups in total. The van der Waals surface area contributed by atoms with Gasteiger partial charge in [0.1, 0.15) is 11.8 Å². The molecule has 1 atom stereocenters. The molecule has 10 nitrogen and oxygen atoms in total. The van der Waals surface area contributed by atoms with Crippen molar-refractivity contribution in [2.24, 2.45) is 0 Å². The lowest BCUT2D eigenvalue weighted by Crippen LogP contribution is -2.24. The van der Waals surface area contributed by atoms with Gasteiger partial charge in [0.2, 0.25) is 0 Å². The van der Waals surface area contributed by atoms with E-state index in [4.69, 9.17) is 4.74 Å². The van der Waals surface area contributed by atoms with E-state index in [1.54, 1.807) is 20.8 Å². The van der Waals surface area contributed by atoms with E-state index in [9.17, 15) is 14.0 Å². The number of rotatable bonds is 7. The maximum Gasteiger partial charge on any atom is 0.361 e. The topological polar surface area (TPSA) is 114 Å². The van der Waals surface area contributed by atoms with Crippen LogP contribution in [0.15, 0.2) is 12.4 Å². The van der Waals surface area contributed by atoms with Crippen molar-refractivity contribution in [3.63, 3.8) is 0 Å². The predicted molar refractivity (Wildman–Crippen MR) is 86.1 cm³/mol. The van der Waals surface area contributed by atoms with Crippen LogP contribution in [-0.2, 0) is 22.6 Å². The van der Waals surface area contributed by atoms with Gasteiger partial charge in [0.15, 0.2) is 11.4 Å². The number of hydrogen-bond acceptors (Lipinski definition) is 8. The third kappa shape index (κ3) is 5.60. The Balaban J connectivity index is 1.84. The van der Waals surface area contributed by atoms with Crippen molar-refractivity contribution in [1.29, 1.82) is 0 Å². The van der Waals surface area contributed by atoms with Crippen molar-refractivity contribution in [2.75, 3.05) is 7.11 Å². The number of nitrogens with zero attached hydrogens (tertiary/aromatic N) is 6. The summed E-state index contributed by atoms with van der Waals surface area (Å²) in [6, 6.07) is 0. The lowest BCUT2D eigenvalue weighted by molar-refractivity contribution is 0.00624. The van der Waals surface area contributed by atoms with E-state index in [2.05, 4.69) is 25.4 Å². The number of esters is 2. The Morgan fingerprint density at radius 3 is 2.31 bits per heavy atom. The molecule has 0 aliphatic carbocycles. The molecule has 0 aliphatic heterocycles. The average Bonchev–Trinajstić information content (AvgIpc) is 3.20. The minimum atomic E-state index is -1.26. The molecular weight excluding hydrogens is 347 g/mol. The standard InChI is InChI=1S/C15H21FN6O4/c1-15(2,3)26-14(24)12-9-22(20-18-12)7-10(16)5-6-21-8-11(17-19-21)13(23)25-4/h8-10H,5-7H2,1-4H3. The minimum Gasteiger partial charge on any atom is -0.464 e. The summed E-state index contributed by atoms with van der Waals surface area (Å²) in [7, 11) is 1.24. The third-order valence-electron chi connectivity index (χ3n) is 3.14. The van der Waals surface area contributed by atoms with E-state index in [0.717, 1.165) is 0 Å². The van der Waals surface area contributed by atoms with Crippen LogP contribution in [0.3, 0.4) is 0 Å². The molecule has 2 rings (SSSR count). The molecule has 1 unspecified atom stereocenters. The van der Waals surface area contributed by atoms with Crippen molar-refractivity contribution in [2.45, 2.75) is 52.1 Å². The molecule has 142 valence electrons. The van der Waals surface area contributed by atoms with E-state index < -0.39 is 23.7 Å². The fourth-order valence-corrected chi connectivity index (χ4v) is 1.98. The fourth-order valence-electron chi connectivity index (χ4n) is 1.98. The second kappa shape index (κ2) is 8.02. The van der Waals surface area contributed by atoms with E-state index in [1.165, 1.54) is 28.9 Å². The molecule has 2 aromatic heterocycles. The number of alkyl halides is 1. The molecule has 0 amide bonds. The normalized spacial score (nSPS) is 12.7. The van der Waals surface area contributed by atoms with Gasteiger partial charge in [0, 0.05) is 13.0 Å². The summed E-state index contributed by atoms with van der Waals surface area (Å²) in [6.45, 7) is 5.36. The fraction of sp³-hybridized carbons (Fsp3) is 0.600. The number of methoxy groups -OCH3 is 1. The van der Waals surface area contributed by atoms with Crippen molar-refractivity contribution in [1.82, 2.24) is 30.0 Å². The number of carbonyl (C=O) groups is 2. The third-order valence-corrected chi connectivity index (χ3v) is 3.14. The summed E-state index contributed by atoms with van der Waals surface area (Å²) in [6.07, 6.45) is 1.58. The Bertz CT molecular complexity index is 766. The number of aromatic nitrogens is 6. The molecule has 0 aromatic carbocycles. The summed E-state index contributed by atoms with van der Waals surface area (Å²) in [4.78, 5) is 23.1. The van der Waals surface area contributed by atoms with E-state index in [-0.39, 0.29) is 30.9 Å². The second-order valence-corrected chi connectivity index (χ2v) is 6.57. The SMILES string of the molecule is COC(=O)c1cn(CCC(F)Cn2cc(C(=O)OC(C)(C)C)nn2)nn1. The van der Waals surface area contributed by atoms with Gasteiger partial charge in [-0.25, -0.2) is 18.7 Å². The Labute approximate surface area is 149 Å². The summed E-state index contributed by atoms with van der Waals surface area (Å²) < 4.78 is 26.4. The van der Waals surface area contributed by atoms with Crippen LogP contribution in [0.5, 0.6) is 0 Å². The lowest BCUT2D eigenvalue weighted by Gasteiger charge is -2.18. The zero-order chi connectivity index (χ0) is 19.3. The van der Waals surface area contributed by atoms with E-state index in [1.807, 2.05) is 0 Å². The number of hydrogen-bond donors (Lipinski definition) is 0. The second-order valence-electron chi connectivity index (χ2n) is 6.57. The largest absolute Gasteiger partial charge is 0.464 e. The van der Waals surface area contributed by atoms with Crippen molar-refractivity contribution in [3.05, 3.63) is 23.8 Å². The molecule has 0 saturated heterocycles. The highest BCUT2D eigenvalue weighted by Gasteiger charge is 2.21. The Morgan fingerprint density at radius 2 is 1.69 bits per heavy atom. The maximum atomic E-state index is 14.1. The van der Waals surface area contributed by atoms with Gasteiger partial charge in [0.25, 0.3) is 0 Å². The summed E-state index contributed by atoms with van der Waals surface area (Å²) in [5.74, 6) is -1.22. The highest BCUT2D eigenvalue weighted by atomic mass is 19.1. The molecule has 2 aromatic rings. The zero-order valence-electron chi connectivity index (χ0n) is 15.0. The summed E-state index contributed by atoms with van der Waals surface area (Å²) in [5, 5.41) is 14.8. The first-order valence-electron chi connectivity index (χ1n) is 7.94. The van der Waals surface area contributed by atoms with Gasteiger partial charge in [-0.15, -0.1) is 10.2 Å². The number of aryl methyl sites for hydroxylation is 1. The zero-order valence-corrected chi connectivity index (χ0v) is 15.0. The van der Waals surface area contributed by atoms with Gasteiger partial charge in [-0.1, -0.05) is 10.4 Å². The van der Waals surface area contributed by atoms with Crippen LogP contribution in [0.1, 0.15) is 48.2 Å². The highest BCUT2D eigenvalue weighted by molar-refractivity contribution is 5.87. The van der Waals surface area contributed by atoms with Gasteiger partial charge < -0.3 is 9.47 Å². The number of carbonyl (C=O) groups excluding carboxylic acids is 2. The van der Waals surface area contributed by atoms with Gasteiger partial charge in [-0.3, -0.25) is 4.68 Å². The van der Waals surface area contributed by atoms with Gasteiger partial charge in [-0.05, 0) is 20.8 Å². The Morgan fingerprint density at radius 1 is 1.12 bits per heavy atom. The molecule has 0 aliphatic rings. The predicted octanol–water partition coefficient (Wildman–Crippen LogP) is 1.04. The molecule has 0 bridgehead atoms. The summed E-state index contributed by atoms with van der Waals surface area (Å²) in [5.41, 5.74) is -0.572. The minimum absolute atomic E-state index is 0.0196. The van der Waals surface area contributed by atoms with Crippen molar-refractivity contribution in [3.8, 4) is 0 Å². The van der Waals surface area contributed by atoms with Crippen LogP contribution in [0.25, 0.3) is 0 Å². The lowest BCUT2D eigenvalue weighted by atomic mass is 10.2. The van der Waals surface area contributed by atoms with Crippen LogP contribution in [-0.4, -0.2) is 60.8 Å². The molecule has 26 heavy (non-hydrogen) atoms. The number of ether oxygens (including phenoxy) is 2. The molecule has 0 radical (unpaired) electrons. The average molecular weight is 368 g/mol. The smallest absolute Gasteiger partial charge is 0.361 e. The van der Waals surface area contributed by atoms with Crippen LogP contribution in [0.4, 0.5) is 4.39 Å². The monoisotopic (exact) mass is 368 g/mol. The van der Waals surface area contributed by atoms with E-state index in [0.29, 0.717) is 0 Å². The Hall–Kier alpha value is -2.85. The van der Waals surface area contributed by atoms with E-state index >= 15 is 0 Å². The van der Waals surface area contributed by atoms with Crippen molar-refractivity contribution < 1.29 is 23.5 Å². The van der Waals surface area contributed by atoms with Gasteiger partial charge in [-0.2, -0.15) is 0 Å². The number of halogens is 1. The molecule has 2 heterocycles. The van der Waals surface area contributed by atoms with Crippen LogP contribution in [0, 0.1) is 0 Å². The first-order valence-corrected chi connectivity index (χ1v) is 7.94. The Kier molecular flexibility index (Phi) is 6.01. The van der Waals surface area contributed by atoms with Crippen molar-refractivity contribution >= 4 is 11.9 Å². The molecule has 0 saturated carbocycles. The quantitative estimate of drug-likeness (QED) is 0.666. The molecule has 11 heteroatoms. The van der Waals surface area contributed by atoms with Crippen LogP contribution in [0.2, 0.25) is 0 Å².